The van der Waals surface area contributed by atoms with Crippen molar-refractivity contribution >= 4 is 126 Å². The molecule has 0 radical (unpaired) electrons. The average Bonchev–Trinajstić information content (AvgIpc) is 3.17. The van der Waals surface area contributed by atoms with Gasteiger partial charge in [0.05, 0.1) is 0 Å². The monoisotopic (exact) mass is 648 g/mol. The molecule has 0 N–H and O–H groups in total. The first-order valence-electron chi connectivity index (χ1n) is 17.4. The number of hydrogen-bond donors (Lipinski definition) is 0. The number of benzene rings is 12. The van der Waals surface area contributed by atoms with Gasteiger partial charge in [-0.25, -0.2) is 0 Å². The molecule has 12 aromatic rings. The van der Waals surface area contributed by atoms with E-state index >= 15 is 0 Å². The molecule has 0 saturated carbocycles. The second kappa shape index (κ2) is 9.39. The Morgan fingerprint density at radius 1 is 0.260 bits per heavy atom. The van der Waals surface area contributed by atoms with Crippen LogP contribution in [0.4, 0.5) is 0 Å². The molecule has 0 unspecified atom stereocenters. The second-order valence-electron chi connectivity index (χ2n) is 14.1. The van der Waals surface area contributed by atoms with Crippen molar-refractivity contribution in [2.24, 2.45) is 0 Å². The zero-order valence-corrected chi connectivity index (χ0v) is 28.1. The molecule has 0 bridgehead atoms. The van der Waals surface area contributed by atoms with Crippen LogP contribution < -0.4 is 15.9 Å². The van der Waals surface area contributed by atoms with E-state index in [1.807, 2.05) is 0 Å². The lowest BCUT2D eigenvalue weighted by Crippen LogP contribution is -2.28. The highest BCUT2D eigenvalue weighted by Gasteiger charge is 2.31. The minimum Gasteiger partial charge on any atom is -0.0886 e. The van der Waals surface area contributed by atoms with Crippen LogP contribution in [0.15, 0.2) is 164 Å². The van der Waals surface area contributed by atoms with Crippen LogP contribution >= 0.6 is 6.89 Å². The SMILES string of the molecule is C=P(c1cc2cccc3ccc4cccc1c4c32)(c1cc2cccc3ccc4cccc1c4c32)c1cc2cccc3ccc4cccc1c4c32. The summed E-state index contributed by atoms with van der Waals surface area (Å²) < 4.78 is 0. The lowest BCUT2D eigenvalue weighted by molar-refractivity contribution is 1.79. The third-order valence-electron chi connectivity index (χ3n) is 11.7. The van der Waals surface area contributed by atoms with Gasteiger partial charge in [0.1, 0.15) is 0 Å². The molecule has 12 rings (SSSR count). The van der Waals surface area contributed by atoms with Crippen molar-refractivity contribution < 1.29 is 0 Å². The van der Waals surface area contributed by atoms with E-state index in [0.29, 0.717) is 0 Å². The van der Waals surface area contributed by atoms with Gasteiger partial charge >= 0.3 is 0 Å². The maximum absolute atomic E-state index is 5.62. The molecule has 0 spiro atoms. The molecule has 0 atom stereocenters. The number of hydrogen-bond acceptors (Lipinski definition) is 0. The van der Waals surface area contributed by atoms with Crippen molar-refractivity contribution in [3.63, 3.8) is 0 Å². The molecule has 1 heteroatoms. The summed E-state index contributed by atoms with van der Waals surface area (Å²) in [4.78, 5) is 0. The van der Waals surface area contributed by atoms with E-state index in [9.17, 15) is 0 Å². The smallest absolute Gasteiger partial charge is 0.00202 e. The van der Waals surface area contributed by atoms with Crippen molar-refractivity contribution in [2.45, 2.75) is 0 Å². The summed E-state index contributed by atoms with van der Waals surface area (Å²) in [6.07, 6.45) is 5.62. The van der Waals surface area contributed by atoms with E-state index in [4.69, 9.17) is 6.30 Å². The van der Waals surface area contributed by atoms with Gasteiger partial charge in [-0.05, 0) is 138 Å². The predicted octanol–water partition coefficient (Wildman–Crippen LogP) is 12.1. The minimum absolute atomic E-state index is 1.28. The van der Waals surface area contributed by atoms with Crippen LogP contribution in [0, 0.1) is 0 Å². The van der Waals surface area contributed by atoms with Gasteiger partial charge < -0.3 is 0 Å². The molecule has 230 valence electrons. The highest BCUT2D eigenvalue weighted by molar-refractivity contribution is 7.94. The van der Waals surface area contributed by atoms with E-state index in [0.717, 1.165) is 0 Å². The first kappa shape index (κ1) is 26.9. The summed E-state index contributed by atoms with van der Waals surface area (Å²) in [7, 11) is 0. The molecule has 0 aliphatic carbocycles. The van der Waals surface area contributed by atoms with Gasteiger partial charge in [0.15, 0.2) is 0 Å². The first-order chi connectivity index (χ1) is 24.7. The van der Waals surface area contributed by atoms with Crippen molar-refractivity contribution in [1.29, 1.82) is 0 Å². The van der Waals surface area contributed by atoms with Crippen molar-refractivity contribution in [2.75, 3.05) is 0 Å². The zero-order valence-electron chi connectivity index (χ0n) is 27.2. The minimum atomic E-state index is -2.63. The fourth-order valence-electron chi connectivity index (χ4n) is 9.57. The molecule has 0 nitrogen and oxygen atoms in total. The van der Waals surface area contributed by atoms with Crippen molar-refractivity contribution in [3.05, 3.63) is 164 Å². The molecule has 0 amide bonds. The first-order valence-corrected chi connectivity index (χ1v) is 19.4. The Kier molecular flexibility index (Phi) is 5.06. The maximum atomic E-state index is 5.62. The molecule has 0 aromatic heterocycles. The molecular formula is C49H29P. The number of rotatable bonds is 3. The molecule has 0 aliphatic heterocycles. The van der Waals surface area contributed by atoms with Crippen molar-refractivity contribution in [1.82, 2.24) is 0 Å². The summed E-state index contributed by atoms with van der Waals surface area (Å²) in [6.45, 7) is -2.63. The second-order valence-corrected chi connectivity index (χ2v) is 17.2. The van der Waals surface area contributed by atoms with Gasteiger partial charge in [-0.15, -0.1) is 0 Å². The summed E-state index contributed by atoms with van der Waals surface area (Å²) in [5.41, 5.74) is 0. The van der Waals surface area contributed by atoms with Crippen LogP contribution in [0.25, 0.3) is 97.0 Å². The van der Waals surface area contributed by atoms with E-state index < -0.39 is 6.89 Å². The Morgan fingerprint density at radius 3 is 0.800 bits per heavy atom. The lowest BCUT2D eigenvalue weighted by atomic mass is 9.94. The fraction of sp³-hybridized carbons (Fsp3) is 0. The Bertz CT molecular complexity index is 3040. The van der Waals surface area contributed by atoms with Crippen LogP contribution in [-0.4, -0.2) is 6.30 Å². The zero-order chi connectivity index (χ0) is 32.7. The van der Waals surface area contributed by atoms with Crippen LogP contribution in [0.5, 0.6) is 0 Å². The molecule has 50 heavy (non-hydrogen) atoms. The van der Waals surface area contributed by atoms with Crippen LogP contribution in [0.2, 0.25) is 0 Å². The van der Waals surface area contributed by atoms with E-state index in [-0.39, 0.29) is 0 Å². The predicted molar refractivity (Wildman–Crippen MR) is 223 cm³/mol. The molecule has 12 aromatic carbocycles. The van der Waals surface area contributed by atoms with E-state index in [1.54, 1.807) is 0 Å². The summed E-state index contributed by atoms with van der Waals surface area (Å²) >= 11 is 0. The Hall–Kier alpha value is -5.94. The average molecular weight is 649 g/mol. The van der Waals surface area contributed by atoms with E-state index in [2.05, 4.69) is 164 Å². The third-order valence-corrected chi connectivity index (χ3v) is 15.3. The van der Waals surface area contributed by atoms with Gasteiger partial charge in [-0.1, -0.05) is 152 Å². The Morgan fingerprint density at radius 2 is 0.500 bits per heavy atom. The molecule has 0 saturated heterocycles. The largest absolute Gasteiger partial charge is 0.0886 e. The highest BCUT2D eigenvalue weighted by Crippen LogP contribution is 2.52. The third kappa shape index (κ3) is 3.28. The van der Waals surface area contributed by atoms with Crippen LogP contribution in [-0.2, 0) is 0 Å². The molecule has 0 fully saturated rings. The summed E-state index contributed by atoms with van der Waals surface area (Å²) in [5, 5.41) is 27.6. The lowest BCUT2D eigenvalue weighted by Gasteiger charge is -2.32. The normalized spacial score (nSPS) is 12.9. The Labute approximate surface area is 288 Å². The van der Waals surface area contributed by atoms with E-state index in [1.165, 1.54) is 113 Å². The van der Waals surface area contributed by atoms with Gasteiger partial charge in [0.25, 0.3) is 0 Å². The van der Waals surface area contributed by atoms with Gasteiger partial charge in [-0.3, -0.25) is 0 Å². The Balaban J connectivity index is 1.36. The maximum Gasteiger partial charge on any atom is -0.00202 e. The fourth-order valence-corrected chi connectivity index (χ4v) is 13.2. The standard InChI is InChI=1S/C49H29P/c1-50(41-26-35-14-2-8-29-20-23-32-11-5-17-38(41)47(32)44(29)35,42-27-36-15-3-9-30-21-24-33-12-6-18-39(42)48(33)45(30)36)43-28-37-16-4-10-31-22-25-34-13-7-19-40(43)49(34)46(31)37/h2-28H,1H2. The van der Waals surface area contributed by atoms with Crippen LogP contribution in [0.1, 0.15) is 0 Å². The summed E-state index contributed by atoms with van der Waals surface area (Å²) in [6, 6.07) is 62.2. The molecule has 0 heterocycles. The molecule has 0 aliphatic rings. The topological polar surface area (TPSA) is 0 Å². The van der Waals surface area contributed by atoms with Gasteiger partial charge in [0, 0.05) is 0 Å². The summed E-state index contributed by atoms with van der Waals surface area (Å²) in [5.74, 6) is 0. The van der Waals surface area contributed by atoms with Gasteiger partial charge in [0.2, 0.25) is 0 Å². The quantitative estimate of drug-likeness (QED) is 0.132. The molecular weight excluding hydrogens is 620 g/mol. The van der Waals surface area contributed by atoms with Gasteiger partial charge in [-0.2, -0.15) is 0 Å². The highest BCUT2D eigenvalue weighted by atomic mass is 31.2. The van der Waals surface area contributed by atoms with Crippen molar-refractivity contribution in [3.8, 4) is 0 Å². The van der Waals surface area contributed by atoms with Crippen LogP contribution in [0.3, 0.4) is 0 Å².